The molecule has 0 unspecified atom stereocenters. The van der Waals surface area contributed by atoms with Gasteiger partial charge in [0.25, 0.3) is 11.8 Å². The molecule has 4 rings (SSSR count). The van der Waals surface area contributed by atoms with E-state index in [0.717, 1.165) is 20.4 Å². The van der Waals surface area contributed by atoms with Crippen LogP contribution in [0.4, 0.5) is 11.4 Å². The molecule has 2 N–H and O–H groups in total. The van der Waals surface area contributed by atoms with Crippen molar-refractivity contribution in [2.75, 3.05) is 24.4 Å². The lowest BCUT2D eigenvalue weighted by atomic mass is 10.0. The van der Waals surface area contributed by atoms with Crippen LogP contribution >= 0.6 is 45.8 Å². The van der Waals surface area contributed by atoms with E-state index < -0.39 is 0 Å². The maximum Gasteiger partial charge on any atom is 0.262 e. The molecule has 0 saturated carbocycles. The zero-order valence-electron chi connectivity index (χ0n) is 17.2. The third-order valence-corrected chi connectivity index (χ3v) is 6.36. The summed E-state index contributed by atoms with van der Waals surface area (Å²) in [6, 6.07) is 15.9. The molecule has 0 bridgehead atoms. The van der Waals surface area contributed by atoms with Crippen molar-refractivity contribution >= 4 is 80.6 Å². The highest BCUT2D eigenvalue weighted by Gasteiger charge is 2.24. The minimum Gasteiger partial charge on any atom is -0.493 e. The van der Waals surface area contributed by atoms with Crippen molar-refractivity contribution in [3.8, 4) is 11.5 Å². The quantitative estimate of drug-likeness (QED) is 0.266. The second kappa shape index (κ2) is 10.0. The molecule has 0 atom stereocenters. The molecule has 1 aliphatic rings. The fourth-order valence-electron chi connectivity index (χ4n) is 3.32. The molecule has 0 radical (unpaired) electrons. The Balaban J connectivity index is 1.52. The van der Waals surface area contributed by atoms with Crippen LogP contribution in [0.15, 0.2) is 54.6 Å². The number of para-hydroxylation sites is 1. The predicted octanol–water partition coefficient (Wildman–Crippen LogP) is 6.12. The van der Waals surface area contributed by atoms with Crippen LogP contribution in [0.5, 0.6) is 11.5 Å². The second-order valence-electron chi connectivity index (χ2n) is 7.06. The van der Waals surface area contributed by atoms with E-state index in [9.17, 15) is 9.59 Å². The van der Waals surface area contributed by atoms with Gasteiger partial charge in [-0.1, -0.05) is 41.4 Å². The maximum absolute atomic E-state index is 12.4. The Bertz CT molecular complexity index is 1290. The minimum atomic E-state index is -0.364. The molecule has 6 nitrogen and oxygen atoms in total. The van der Waals surface area contributed by atoms with E-state index in [1.54, 1.807) is 30.3 Å². The molecule has 0 spiro atoms. The van der Waals surface area contributed by atoms with Gasteiger partial charge in [0.05, 0.1) is 20.7 Å². The normalized spacial score (nSPS) is 13.5. The largest absolute Gasteiger partial charge is 0.493 e. The number of carbonyl (C=O) groups is 2. The summed E-state index contributed by atoms with van der Waals surface area (Å²) < 4.78 is 12.0. The molecule has 3 aromatic rings. The van der Waals surface area contributed by atoms with E-state index in [-0.39, 0.29) is 18.4 Å². The average molecular weight is 595 g/mol. The molecule has 0 aromatic heterocycles. The highest BCUT2D eigenvalue weighted by atomic mass is 127. The molecule has 0 saturated heterocycles. The molecule has 9 heteroatoms. The van der Waals surface area contributed by atoms with Crippen molar-refractivity contribution in [1.29, 1.82) is 0 Å². The van der Waals surface area contributed by atoms with Crippen LogP contribution < -0.4 is 20.1 Å². The van der Waals surface area contributed by atoms with Crippen LogP contribution in [0.2, 0.25) is 10.0 Å². The first-order valence-electron chi connectivity index (χ1n) is 9.73. The molecule has 2 amide bonds. The lowest BCUT2D eigenvalue weighted by Gasteiger charge is -2.14. The Morgan fingerprint density at radius 2 is 1.91 bits per heavy atom. The third kappa shape index (κ3) is 5.26. The van der Waals surface area contributed by atoms with Gasteiger partial charge in [0.2, 0.25) is 0 Å². The maximum atomic E-state index is 12.4. The van der Waals surface area contributed by atoms with Gasteiger partial charge in [0.1, 0.15) is 0 Å². The van der Waals surface area contributed by atoms with E-state index in [0.29, 0.717) is 32.8 Å². The van der Waals surface area contributed by atoms with Crippen LogP contribution in [-0.2, 0) is 9.59 Å². The molecule has 0 fully saturated rings. The number of anilines is 2. The number of ether oxygens (including phenoxy) is 2. The van der Waals surface area contributed by atoms with Crippen LogP contribution in [0.3, 0.4) is 0 Å². The number of benzene rings is 3. The number of methoxy groups -OCH3 is 1. The molecule has 1 heterocycles. The number of carbonyl (C=O) groups excluding carboxylic acids is 2. The fraction of sp³-hybridized carbons (Fsp3) is 0.0833. The SMILES string of the molecule is COc1cc(/C=C2\C(=O)Nc3ccccc32)cc(I)c1OCC(=O)Nc1ccc(Cl)c(Cl)c1. The lowest BCUT2D eigenvalue weighted by molar-refractivity contribution is -0.118. The summed E-state index contributed by atoms with van der Waals surface area (Å²) in [6.07, 6.45) is 1.80. The van der Waals surface area contributed by atoms with Crippen molar-refractivity contribution in [2.45, 2.75) is 0 Å². The number of rotatable bonds is 6. The van der Waals surface area contributed by atoms with Crippen molar-refractivity contribution in [3.05, 3.63) is 79.3 Å². The van der Waals surface area contributed by atoms with E-state index in [1.165, 1.54) is 7.11 Å². The standard InChI is InChI=1S/C24H17Cl2IN2O4/c1-32-21-10-13(8-16-15-4-2-3-5-20(15)29-24(16)31)9-19(27)23(21)33-12-22(30)28-14-6-7-17(25)18(26)11-14/h2-11H,12H2,1H3,(H,28,30)(H,29,31)/b16-8-. The zero-order valence-corrected chi connectivity index (χ0v) is 20.9. The van der Waals surface area contributed by atoms with E-state index in [2.05, 4.69) is 33.2 Å². The topological polar surface area (TPSA) is 76.7 Å². The summed E-state index contributed by atoms with van der Waals surface area (Å²) in [5.74, 6) is 0.352. The van der Waals surface area contributed by atoms with Gasteiger partial charge < -0.3 is 20.1 Å². The number of hydrogen-bond donors (Lipinski definition) is 2. The van der Waals surface area contributed by atoms with Gasteiger partial charge in [-0.3, -0.25) is 9.59 Å². The van der Waals surface area contributed by atoms with Crippen molar-refractivity contribution in [2.24, 2.45) is 0 Å². The van der Waals surface area contributed by atoms with E-state index in [4.69, 9.17) is 32.7 Å². The number of amides is 2. The Labute approximate surface area is 214 Å². The predicted molar refractivity (Wildman–Crippen MR) is 139 cm³/mol. The Morgan fingerprint density at radius 1 is 1.12 bits per heavy atom. The van der Waals surface area contributed by atoms with Gasteiger partial charge in [-0.15, -0.1) is 0 Å². The Morgan fingerprint density at radius 3 is 2.67 bits per heavy atom. The lowest BCUT2D eigenvalue weighted by Crippen LogP contribution is -2.20. The van der Waals surface area contributed by atoms with E-state index >= 15 is 0 Å². The number of halogens is 3. The highest BCUT2D eigenvalue weighted by molar-refractivity contribution is 14.1. The van der Waals surface area contributed by atoms with Crippen LogP contribution in [0, 0.1) is 3.57 Å². The molecule has 3 aromatic carbocycles. The number of nitrogens with one attached hydrogen (secondary N) is 2. The molecule has 0 aliphatic carbocycles. The highest BCUT2D eigenvalue weighted by Crippen LogP contribution is 2.37. The zero-order chi connectivity index (χ0) is 23.5. The second-order valence-corrected chi connectivity index (χ2v) is 9.03. The molecular weight excluding hydrogens is 578 g/mol. The molecule has 168 valence electrons. The van der Waals surface area contributed by atoms with Gasteiger partial charge in [0, 0.05) is 22.5 Å². The summed E-state index contributed by atoms with van der Waals surface area (Å²) in [6.45, 7) is -0.233. The smallest absolute Gasteiger partial charge is 0.262 e. The van der Waals surface area contributed by atoms with Gasteiger partial charge >= 0.3 is 0 Å². The first-order chi connectivity index (χ1) is 15.9. The first kappa shape index (κ1) is 23.4. The van der Waals surface area contributed by atoms with Crippen LogP contribution in [0.25, 0.3) is 11.6 Å². The number of hydrogen-bond acceptors (Lipinski definition) is 4. The van der Waals surface area contributed by atoms with Crippen molar-refractivity contribution in [1.82, 2.24) is 0 Å². The molecule has 33 heavy (non-hydrogen) atoms. The Kier molecular flexibility index (Phi) is 7.11. The van der Waals surface area contributed by atoms with Gasteiger partial charge in [0.15, 0.2) is 18.1 Å². The third-order valence-electron chi connectivity index (χ3n) is 4.82. The van der Waals surface area contributed by atoms with Gasteiger partial charge in [-0.25, -0.2) is 0 Å². The first-order valence-corrected chi connectivity index (χ1v) is 11.6. The summed E-state index contributed by atoms with van der Waals surface area (Å²) in [5, 5.41) is 6.31. The Hall–Kier alpha value is -2.75. The summed E-state index contributed by atoms with van der Waals surface area (Å²) >= 11 is 14.0. The fourth-order valence-corrected chi connectivity index (χ4v) is 4.40. The van der Waals surface area contributed by atoms with Gasteiger partial charge in [-0.05, 0) is 70.6 Å². The molecular formula is C24H17Cl2IN2O4. The van der Waals surface area contributed by atoms with Crippen molar-refractivity contribution < 1.29 is 19.1 Å². The molecule has 1 aliphatic heterocycles. The minimum absolute atomic E-state index is 0.163. The average Bonchev–Trinajstić information content (AvgIpc) is 3.10. The summed E-state index contributed by atoms with van der Waals surface area (Å²) in [5.41, 5.74) is 3.47. The van der Waals surface area contributed by atoms with Crippen LogP contribution in [0.1, 0.15) is 11.1 Å². The van der Waals surface area contributed by atoms with Crippen LogP contribution in [-0.4, -0.2) is 25.5 Å². The number of fused-ring (bicyclic) bond motifs is 1. The van der Waals surface area contributed by atoms with Gasteiger partial charge in [-0.2, -0.15) is 0 Å². The summed E-state index contributed by atoms with van der Waals surface area (Å²) in [4.78, 5) is 24.7. The monoisotopic (exact) mass is 594 g/mol. The summed E-state index contributed by atoms with van der Waals surface area (Å²) in [7, 11) is 1.52. The van der Waals surface area contributed by atoms with Crippen molar-refractivity contribution in [3.63, 3.8) is 0 Å². The van der Waals surface area contributed by atoms with E-state index in [1.807, 2.05) is 30.3 Å².